The number of aromatic nitrogens is 2. The summed E-state index contributed by atoms with van der Waals surface area (Å²) in [5, 5.41) is 7.95. The normalized spacial score (nSPS) is 12.2. The highest BCUT2D eigenvalue weighted by Crippen LogP contribution is 2.25. The van der Waals surface area contributed by atoms with Gasteiger partial charge in [0.2, 0.25) is 11.7 Å². The van der Waals surface area contributed by atoms with Gasteiger partial charge in [0.05, 0.1) is 10.6 Å². The first-order valence-electron chi connectivity index (χ1n) is 8.10. The van der Waals surface area contributed by atoms with Crippen molar-refractivity contribution in [2.24, 2.45) is 5.92 Å². The highest BCUT2D eigenvalue weighted by Gasteiger charge is 2.26. The SMILES string of the molecule is CC(C)[C@H](NC(=O)c1ccccc1Cl)c1nc(-c2ccc(Cl)cc2)no1. The molecule has 0 saturated heterocycles. The summed E-state index contributed by atoms with van der Waals surface area (Å²) >= 11 is 12.0. The van der Waals surface area contributed by atoms with Crippen LogP contribution in [0, 0.1) is 5.92 Å². The van der Waals surface area contributed by atoms with Gasteiger partial charge in [-0.2, -0.15) is 4.98 Å². The second kappa shape index (κ2) is 7.89. The van der Waals surface area contributed by atoms with Crippen molar-refractivity contribution >= 4 is 29.1 Å². The molecule has 0 aliphatic rings. The average Bonchev–Trinajstić information content (AvgIpc) is 3.10. The minimum atomic E-state index is -0.438. The molecular weight excluding hydrogens is 373 g/mol. The number of nitrogens with one attached hydrogen (secondary N) is 1. The molecule has 134 valence electrons. The summed E-state index contributed by atoms with van der Waals surface area (Å²) < 4.78 is 5.40. The van der Waals surface area contributed by atoms with Crippen molar-refractivity contribution in [1.29, 1.82) is 0 Å². The van der Waals surface area contributed by atoms with Crippen LogP contribution in [0.4, 0.5) is 0 Å². The van der Waals surface area contributed by atoms with Gasteiger partial charge in [-0.3, -0.25) is 4.79 Å². The van der Waals surface area contributed by atoms with Crippen molar-refractivity contribution in [3.63, 3.8) is 0 Å². The van der Waals surface area contributed by atoms with Gasteiger partial charge in [-0.1, -0.05) is 54.3 Å². The van der Waals surface area contributed by atoms with Crippen molar-refractivity contribution in [2.75, 3.05) is 0 Å². The Balaban J connectivity index is 1.84. The van der Waals surface area contributed by atoms with E-state index in [1.807, 2.05) is 26.0 Å². The highest BCUT2D eigenvalue weighted by molar-refractivity contribution is 6.33. The van der Waals surface area contributed by atoms with Gasteiger partial charge in [0, 0.05) is 10.6 Å². The fraction of sp³-hybridized carbons (Fsp3) is 0.211. The quantitative estimate of drug-likeness (QED) is 0.653. The summed E-state index contributed by atoms with van der Waals surface area (Å²) in [5.41, 5.74) is 1.18. The van der Waals surface area contributed by atoms with E-state index in [1.165, 1.54) is 0 Å². The molecule has 2 aromatic carbocycles. The molecular formula is C19H17Cl2N3O2. The van der Waals surface area contributed by atoms with Crippen molar-refractivity contribution in [3.8, 4) is 11.4 Å². The minimum absolute atomic E-state index is 0.0416. The molecule has 5 nitrogen and oxygen atoms in total. The second-order valence-electron chi connectivity index (χ2n) is 6.14. The van der Waals surface area contributed by atoms with Crippen LogP contribution in [0.15, 0.2) is 53.1 Å². The van der Waals surface area contributed by atoms with Gasteiger partial charge in [0.25, 0.3) is 5.91 Å². The Hall–Kier alpha value is -2.37. The van der Waals surface area contributed by atoms with Crippen molar-refractivity contribution < 1.29 is 9.32 Å². The highest BCUT2D eigenvalue weighted by atomic mass is 35.5. The molecule has 0 fully saturated rings. The number of hydrogen-bond donors (Lipinski definition) is 1. The van der Waals surface area contributed by atoms with Crippen LogP contribution in [-0.2, 0) is 0 Å². The van der Waals surface area contributed by atoms with Crippen molar-refractivity contribution in [1.82, 2.24) is 15.5 Å². The van der Waals surface area contributed by atoms with E-state index in [-0.39, 0.29) is 11.8 Å². The molecule has 0 saturated carbocycles. The van der Waals surface area contributed by atoms with Crippen molar-refractivity contribution in [3.05, 3.63) is 70.0 Å². The Morgan fingerprint density at radius 2 is 1.77 bits per heavy atom. The predicted molar refractivity (Wildman–Crippen MR) is 101 cm³/mol. The molecule has 0 unspecified atom stereocenters. The van der Waals surface area contributed by atoms with E-state index in [9.17, 15) is 4.79 Å². The first-order chi connectivity index (χ1) is 12.5. The van der Waals surface area contributed by atoms with Gasteiger partial charge in [-0.05, 0) is 42.3 Å². The fourth-order valence-corrected chi connectivity index (χ4v) is 2.80. The third-order valence-electron chi connectivity index (χ3n) is 3.88. The molecule has 0 spiro atoms. The Morgan fingerprint density at radius 3 is 2.42 bits per heavy atom. The van der Waals surface area contributed by atoms with Crippen LogP contribution in [0.25, 0.3) is 11.4 Å². The van der Waals surface area contributed by atoms with E-state index in [2.05, 4.69) is 15.5 Å². The molecule has 1 heterocycles. The number of rotatable bonds is 5. The zero-order valence-corrected chi connectivity index (χ0v) is 15.8. The van der Waals surface area contributed by atoms with E-state index in [0.717, 1.165) is 5.56 Å². The smallest absolute Gasteiger partial charge is 0.253 e. The largest absolute Gasteiger partial charge is 0.340 e. The molecule has 3 aromatic rings. The van der Waals surface area contributed by atoms with Crippen LogP contribution >= 0.6 is 23.2 Å². The number of nitrogens with zero attached hydrogens (tertiary/aromatic N) is 2. The van der Waals surface area contributed by atoms with Gasteiger partial charge in [0.15, 0.2) is 0 Å². The molecule has 26 heavy (non-hydrogen) atoms. The van der Waals surface area contributed by atoms with Gasteiger partial charge < -0.3 is 9.84 Å². The summed E-state index contributed by atoms with van der Waals surface area (Å²) in [5.74, 6) is 0.528. The lowest BCUT2D eigenvalue weighted by atomic mass is 10.0. The van der Waals surface area contributed by atoms with Crippen LogP contribution in [0.2, 0.25) is 10.0 Å². The van der Waals surface area contributed by atoms with Gasteiger partial charge >= 0.3 is 0 Å². The summed E-state index contributed by atoms with van der Waals surface area (Å²) in [6, 6.07) is 13.6. The molecule has 0 aliphatic carbocycles. The molecule has 1 amide bonds. The maximum absolute atomic E-state index is 12.6. The Labute approximate surface area is 161 Å². The molecule has 7 heteroatoms. The van der Waals surface area contributed by atoms with Crippen LogP contribution in [-0.4, -0.2) is 16.0 Å². The Bertz CT molecular complexity index is 907. The van der Waals surface area contributed by atoms with E-state index in [4.69, 9.17) is 27.7 Å². The number of amides is 1. The zero-order chi connectivity index (χ0) is 18.7. The van der Waals surface area contributed by atoms with Gasteiger partial charge in [0.1, 0.15) is 6.04 Å². The monoisotopic (exact) mass is 389 g/mol. The maximum Gasteiger partial charge on any atom is 0.253 e. The van der Waals surface area contributed by atoms with E-state index in [1.54, 1.807) is 36.4 Å². The summed E-state index contributed by atoms with van der Waals surface area (Å²) in [6.07, 6.45) is 0. The molecule has 0 bridgehead atoms. The van der Waals surface area contributed by atoms with Crippen LogP contribution < -0.4 is 5.32 Å². The predicted octanol–water partition coefficient (Wildman–Crippen LogP) is 5.17. The van der Waals surface area contributed by atoms with Crippen LogP contribution in [0.5, 0.6) is 0 Å². The standard InChI is InChI=1S/C19H17Cl2N3O2/c1-11(2)16(22-18(25)14-5-3-4-6-15(14)21)19-23-17(24-26-19)12-7-9-13(20)10-8-12/h3-11,16H,1-2H3,(H,22,25)/t16-/m0/s1. The molecule has 1 aromatic heterocycles. The summed E-state index contributed by atoms with van der Waals surface area (Å²) in [6.45, 7) is 3.92. The van der Waals surface area contributed by atoms with Gasteiger partial charge in [-0.15, -0.1) is 0 Å². The maximum atomic E-state index is 12.6. The Kier molecular flexibility index (Phi) is 5.59. The van der Waals surface area contributed by atoms with Gasteiger partial charge in [-0.25, -0.2) is 0 Å². The molecule has 0 radical (unpaired) electrons. The average molecular weight is 390 g/mol. The van der Waals surface area contributed by atoms with Crippen molar-refractivity contribution in [2.45, 2.75) is 19.9 Å². The third-order valence-corrected chi connectivity index (χ3v) is 4.46. The van der Waals surface area contributed by atoms with Crippen LogP contribution in [0.3, 0.4) is 0 Å². The number of halogens is 2. The lowest BCUT2D eigenvalue weighted by Crippen LogP contribution is -2.32. The number of hydrogen-bond acceptors (Lipinski definition) is 4. The molecule has 0 aliphatic heterocycles. The summed E-state index contributed by atoms with van der Waals surface area (Å²) in [7, 11) is 0. The Morgan fingerprint density at radius 1 is 1.08 bits per heavy atom. The first kappa shape index (κ1) is 18.4. The number of carbonyl (C=O) groups is 1. The second-order valence-corrected chi connectivity index (χ2v) is 6.98. The molecule has 1 N–H and O–H groups in total. The zero-order valence-electron chi connectivity index (χ0n) is 14.2. The number of benzene rings is 2. The topological polar surface area (TPSA) is 68.0 Å². The summed E-state index contributed by atoms with van der Waals surface area (Å²) in [4.78, 5) is 17.0. The third kappa shape index (κ3) is 4.06. The first-order valence-corrected chi connectivity index (χ1v) is 8.86. The van der Waals surface area contributed by atoms with E-state index in [0.29, 0.717) is 27.3 Å². The number of carbonyl (C=O) groups excluding carboxylic acids is 1. The lowest BCUT2D eigenvalue weighted by molar-refractivity contribution is 0.0914. The molecule has 3 rings (SSSR count). The fourth-order valence-electron chi connectivity index (χ4n) is 2.46. The minimum Gasteiger partial charge on any atom is -0.340 e. The lowest BCUT2D eigenvalue weighted by Gasteiger charge is -2.18. The molecule has 1 atom stereocenters. The van der Waals surface area contributed by atoms with E-state index < -0.39 is 6.04 Å². The van der Waals surface area contributed by atoms with Crippen LogP contribution in [0.1, 0.15) is 36.1 Å². The van der Waals surface area contributed by atoms with E-state index >= 15 is 0 Å².